The molecule has 0 saturated carbocycles. The van der Waals surface area contributed by atoms with Crippen molar-refractivity contribution < 1.29 is 4.92 Å². The van der Waals surface area contributed by atoms with Crippen LogP contribution >= 0.6 is 11.6 Å². The monoisotopic (exact) mass is 183 g/mol. The number of nitro groups is 1. The van der Waals surface area contributed by atoms with Crippen molar-refractivity contribution in [2.75, 3.05) is 0 Å². The molecule has 0 heterocycles. The Morgan fingerprint density at radius 2 is 2.25 bits per heavy atom. The van der Waals surface area contributed by atoms with Crippen LogP contribution < -0.4 is 0 Å². The molecule has 0 amide bonds. The summed E-state index contributed by atoms with van der Waals surface area (Å²) < 4.78 is 0. The molecule has 0 radical (unpaired) electrons. The first-order valence-corrected chi connectivity index (χ1v) is 3.60. The molecule has 0 aliphatic carbocycles. The molecule has 4 heteroatoms. The van der Waals surface area contributed by atoms with E-state index in [1.54, 1.807) is 12.1 Å². The van der Waals surface area contributed by atoms with E-state index < -0.39 is 4.92 Å². The molecule has 3 nitrogen and oxygen atoms in total. The van der Waals surface area contributed by atoms with Crippen molar-refractivity contribution in [3.8, 4) is 0 Å². The van der Waals surface area contributed by atoms with Crippen LogP contribution in [0.15, 0.2) is 24.8 Å². The summed E-state index contributed by atoms with van der Waals surface area (Å²) in [5, 5.41) is 10.6. The first-order valence-electron chi connectivity index (χ1n) is 3.22. The fraction of sp³-hybridized carbons (Fsp3) is 0. The van der Waals surface area contributed by atoms with Crippen LogP contribution in [-0.2, 0) is 0 Å². The molecule has 0 aliphatic rings. The number of para-hydroxylation sites is 1. The Morgan fingerprint density at radius 3 is 2.67 bits per heavy atom. The Bertz CT molecular complexity index is 336. The van der Waals surface area contributed by atoms with E-state index in [4.69, 9.17) is 11.6 Å². The van der Waals surface area contributed by atoms with E-state index >= 15 is 0 Å². The summed E-state index contributed by atoms with van der Waals surface area (Å²) in [6.07, 6.45) is 1.41. The molecule has 62 valence electrons. The summed E-state index contributed by atoms with van der Waals surface area (Å²) in [5.74, 6) is 0. The minimum absolute atomic E-state index is 0.0887. The van der Waals surface area contributed by atoms with E-state index in [2.05, 4.69) is 6.58 Å². The lowest BCUT2D eigenvalue weighted by Crippen LogP contribution is -1.91. The second kappa shape index (κ2) is 3.36. The largest absolute Gasteiger partial charge is 0.295 e. The lowest BCUT2D eigenvalue weighted by atomic mass is 10.2. The van der Waals surface area contributed by atoms with Crippen LogP contribution in [-0.4, -0.2) is 4.92 Å². The molecular weight excluding hydrogens is 178 g/mol. The van der Waals surface area contributed by atoms with E-state index in [9.17, 15) is 10.1 Å². The summed E-state index contributed by atoms with van der Waals surface area (Å²) >= 11 is 5.61. The predicted octanol–water partition coefficient (Wildman–Crippen LogP) is 2.89. The third-order valence-corrected chi connectivity index (χ3v) is 1.73. The van der Waals surface area contributed by atoms with Crippen molar-refractivity contribution in [1.29, 1.82) is 0 Å². The van der Waals surface area contributed by atoms with E-state index in [1.165, 1.54) is 12.1 Å². The lowest BCUT2D eigenvalue weighted by Gasteiger charge is -1.97. The van der Waals surface area contributed by atoms with Crippen molar-refractivity contribution >= 4 is 23.4 Å². The molecule has 0 unspecified atom stereocenters. The van der Waals surface area contributed by atoms with Gasteiger partial charge in [-0.2, -0.15) is 0 Å². The molecule has 1 aromatic carbocycles. The van der Waals surface area contributed by atoms with Crippen molar-refractivity contribution in [2.45, 2.75) is 0 Å². The number of nitro benzene ring substituents is 1. The molecular formula is C8H6ClNO2. The first-order chi connectivity index (χ1) is 5.66. The number of halogens is 1. The Balaban J connectivity index is 3.39. The summed E-state index contributed by atoms with van der Waals surface area (Å²) in [6.45, 7) is 3.45. The van der Waals surface area contributed by atoms with Gasteiger partial charge in [0.15, 0.2) is 0 Å². The van der Waals surface area contributed by atoms with Crippen LogP contribution in [0.4, 0.5) is 5.69 Å². The van der Waals surface area contributed by atoms with Gasteiger partial charge in [0.25, 0.3) is 5.69 Å². The third kappa shape index (κ3) is 1.46. The fourth-order valence-corrected chi connectivity index (χ4v) is 1.14. The number of benzene rings is 1. The molecule has 0 N–H and O–H groups in total. The van der Waals surface area contributed by atoms with Crippen LogP contribution in [0.1, 0.15) is 5.56 Å². The number of rotatable bonds is 2. The highest BCUT2D eigenvalue weighted by Gasteiger charge is 2.15. The summed E-state index contributed by atoms with van der Waals surface area (Å²) in [7, 11) is 0. The van der Waals surface area contributed by atoms with Gasteiger partial charge in [0.05, 0.1) is 10.5 Å². The van der Waals surface area contributed by atoms with Crippen molar-refractivity contribution in [1.82, 2.24) is 0 Å². The molecule has 0 aromatic heterocycles. The van der Waals surface area contributed by atoms with Gasteiger partial charge in [0.1, 0.15) is 5.02 Å². The number of nitrogens with zero attached hydrogens (tertiary/aromatic N) is 1. The minimum atomic E-state index is -0.515. The van der Waals surface area contributed by atoms with Crippen molar-refractivity contribution in [2.24, 2.45) is 0 Å². The molecule has 0 bridgehead atoms. The highest BCUT2D eigenvalue weighted by molar-refractivity contribution is 6.32. The van der Waals surface area contributed by atoms with Gasteiger partial charge >= 0.3 is 0 Å². The zero-order chi connectivity index (χ0) is 9.14. The molecule has 0 atom stereocenters. The second-order valence-electron chi connectivity index (χ2n) is 2.14. The Kier molecular flexibility index (Phi) is 2.45. The zero-order valence-corrected chi connectivity index (χ0v) is 6.91. The van der Waals surface area contributed by atoms with Crippen LogP contribution in [0.25, 0.3) is 6.08 Å². The van der Waals surface area contributed by atoms with Crippen LogP contribution in [0.5, 0.6) is 0 Å². The lowest BCUT2D eigenvalue weighted by molar-refractivity contribution is -0.384. The molecule has 0 saturated heterocycles. The second-order valence-corrected chi connectivity index (χ2v) is 2.55. The minimum Gasteiger partial charge on any atom is -0.258 e. The highest BCUT2D eigenvalue weighted by atomic mass is 35.5. The number of hydrogen-bond donors (Lipinski definition) is 0. The maximum absolute atomic E-state index is 10.5. The maximum Gasteiger partial charge on any atom is 0.295 e. The number of hydrogen-bond acceptors (Lipinski definition) is 2. The average Bonchev–Trinajstić information content (AvgIpc) is 2.03. The Hall–Kier alpha value is -1.35. The van der Waals surface area contributed by atoms with Gasteiger partial charge in [-0.15, -0.1) is 0 Å². The van der Waals surface area contributed by atoms with E-state index in [0.29, 0.717) is 5.56 Å². The molecule has 0 spiro atoms. The normalized spacial score (nSPS) is 9.42. The average molecular weight is 184 g/mol. The summed E-state index contributed by atoms with van der Waals surface area (Å²) in [4.78, 5) is 9.96. The molecule has 1 rings (SSSR count). The highest BCUT2D eigenvalue weighted by Crippen LogP contribution is 2.28. The van der Waals surface area contributed by atoms with Crippen molar-refractivity contribution in [3.63, 3.8) is 0 Å². The quantitative estimate of drug-likeness (QED) is 0.523. The van der Waals surface area contributed by atoms with Gasteiger partial charge in [0.2, 0.25) is 0 Å². The Morgan fingerprint density at radius 1 is 1.58 bits per heavy atom. The van der Waals surface area contributed by atoms with Gasteiger partial charge in [-0.25, -0.2) is 0 Å². The standard InChI is InChI=1S/C8H6ClNO2/c1-2-6-4-3-5-7(9)8(6)10(11)12/h2-5H,1H2. The molecule has 12 heavy (non-hydrogen) atoms. The molecule has 0 aliphatic heterocycles. The first kappa shape index (κ1) is 8.74. The maximum atomic E-state index is 10.5. The summed E-state index contributed by atoms with van der Waals surface area (Å²) in [6, 6.07) is 4.72. The van der Waals surface area contributed by atoms with Crippen LogP contribution in [0.2, 0.25) is 5.02 Å². The summed E-state index contributed by atoms with van der Waals surface area (Å²) in [5.41, 5.74) is 0.349. The third-order valence-electron chi connectivity index (χ3n) is 1.42. The molecule has 0 fully saturated rings. The SMILES string of the molecule is C=Cc1cccc(Cl)c1[N+](=O)[O-]. The Labute approximate surface area is 74.4 Å². The molecule has 1 aromatic rings. The van der Waals surface area contributed by atoms with Gasteiger partial charge in [-0.1, -0.05) is 30.3 Å². The predicted molar refractivity (Wildman–Crippen MR) is 48.2 cm³/mol. The van der Waals surface area contributed by atoms with E-state index in [-0.39, 0.29) is 10.7 Å². The van der Waals surface area contributed by atoms with E-state index in [0.717, 1.165) is 0 Å². The van der Waals surface area contributed by atoms with E-state index in [1.807, 2.05) is 0 Å². The van der Waals surface area contributed by atoms with Gasteiger partial charge < -0.3 is 0 Å². The zero-order valence-electron chi connectivity index (χ0n) is 6.16. The van der Waals surface area contributed by atoms with Gasteiger partial charge in [-0.3, -0.25) is 10.1 Å². The van der Waals surface area contributed by atoms with Gasteiger partial charge in [0, 0.05) is 0 Å². The van der Waals surface area contributed by atoms with Crippen LogP contribution in [0, 0.1) is 10.1 Å². The smallest absolute Gasteiger partial charge is 0.258 e. The topological polar surface area (TPSA) is 43.1 Å². The van der Waals surface area contributed by atoms with Crippen LogP contribution in [0.3, 0.4) is 0 Å². The van der Waals surface area contributed by atoms with Crippen molar-refractivity contribution in [3.05, 3.63) is 45.5 Å². The van der Waals surface area contributed by atoms with Gasteiger partial charge in [-0.05, 0) is 12.1 Å². The fourth-order valence-electron chi connectivity index (χ4n) is 0.889.